The SMILES string of the molecule is CC[C@H](C)c1ccccc1NC(=O)CSc1nnc(-c2ccccc2)n1C. The van der Waals surface area contributed by atoms with Crippen molar-refractivity contribution in [1.29, 1.82) is 0 Å². The Hall–Kier alpha value is -2.60. The normalized spacial score (nSPS) is 12.0. The predicted molar refractivity (Wildman–Crippen MR) is 111 cm³/mol. The van der Waals surface area contributed by atoms with Crippen molar-refractivity contribution in [1.82, 2.24) is 14.8 Å². The van der Waals surface area contributed by atoms with E-state index in [0.29, 0.717) is 5.92 Å². The summed E-state index contributed by atoms with van der Waals surface area (Å²) in [5.41, 5.74) is 3.06. The van der Waals surface area contributed by atoms with Crippen LogP contribution in [-0.2, 0) is 11.8 Å². The molecule has 0 aliphatic rings. The summed E-state index contributed by atoms with van der Waals surface area (Å²) in [6.45, 7) is 4.32. The van der Waals surface area contributed by atoms with Crippen LogP contribution in [-0.4, -0.2) is 26.4 Å². The summed E-state index contributed by atoms with van der Waals surface area (Å²) in [6, 6.07) is 17.9. The average Bonchev–Trinajstić information content (AvgIpc) is 3.07. The van der Waals surface area contributed by atoms with Crippen molar-refractivity contribution >= 4 is 23.4 Å². The molecule has 0 aliphatic carbocycles. The first-order chi connectivity index (χ1) is 13.1. The number of hydrogen-bond acceptors (Lipinski definition) is 4. The van der Waals surface area contributed by atoms with Gasteiger partial charge in [-0.2, -0.15) is 0 Å². The molecule has 1 N–H and O–H groups in total. The molecule has 2 aromatic carbocycles. The van der Waals surface area contributed by atoms with Crippen molar-refractivity contribution in [3.63, 3.8) is 0 Å². The Balaban J connectivity index is 1.65. The molecule has 0 saturated heterocycles. The molecule has 0 spiro atoms. The van der Waals surface area contributed by atoms with Crippen LogP contribution < -0.4 is 5.32 Å². The van der Waals surface area contributed by atoms with E-state index in [1.807, 2.05) is 60.1 Å². The first-order valence-corrected chi connectivity index (χ1v) is 10.0. The van der Waals surface area contributed by atoms with Gasteiger partial charge in [-0.1, -0.05) is 74.1 Å². The maximum atomic E-state index is 12.4. The zero-order valence-electron chi connectivity index (χ0n) is 15.8. The maximum absolute atomic E-state index is 12.4. The van der Waals surface area contributed by atoms with Gasteiger partial charge >= 0.3 is 0 Å². The smallest absolute Gasteiger partial charge is 0.234 e. The van der Waals surface area contributed by atoms with Gasteiger partial charge in [0.2, 0.25) is 5.91 Å². The summed E-state index contributed by atoms with van der Waals surface area (Å²) in [4.78, 5) is 12.4. The fourth-order valence-electron chi connectivity index (χ4n) is 2.86. The molecule has 1 atom stereocenters. The van der Waals surface area contributed by atoms with E-state index in [-0.39, 0.29) is 11.7 Å². The van der Waals surface area contributed by atoms with Crippen molar-refractivity contribution in [2.24, 2.45) is 7.05 Å². The van der Waals surface area contributed by atoms with Gasteiger partial charge in [0.25, 0.3) is 0 Å². The fourth-order valence-corrected chi connectivity index (χ4v) is 3.57. The summed E-state index contributed by atoms with van der Waals surface area (Å²) in [6.07, 6.45) is 1.03. The lowest BCUT2D eigenvalue weighted by Gasteiger charge is -2.15. The molecule has 27 heavy (non-hydrogen) atoms. The topological polar surface area (TPSA) is 59.8 Å². The number of rotatable bonds is 7. The molecule has 0 unspecified atom stereocenters. The van der Waals surface area contributed by atoms with Gasteiger partial charge in [0.1, 0.15) is 0 Å². The van der Waals surface area contributed by atoms with Gasteiger partial charge in [-0.3, -0.25) is 4.79 Å². The number of para-hydroxylation sites is 1. The summed E-state index contributed by atoms with van der Waals surface area (Å²) >= 11 is 1.39. The third-order valence-electron chi connectivity index (χ3n) is 4.58. The zero-order chi connectivity index (χ0) is 19.2. The number of thioether (sulfide) groups is 1. The third kappa shape index (κ3) is 4.57. The molecule has 0 radical (unpaired) electrons. The van der Waals surface area contributed by atoms with Crippen molar-refractivity contribution in [2.45, 2.75) is 31.3 Å². The lowest BCUT2D eigenvalue weighted by Crippen LogP contribution is -2.16. The Kier molecular flexibility index (Phi) is 6.29. The van der Waals surface area contributed by atoms with Crippen LogP contribution in [0.4, 0.5) is 5.69 Å². The van der Waals surface area contributed by atoms with Crippen LogP contribution >= 0.6 is 11.8 Å². The van der Waals surface area contributed by atoms with Gasteiger partial charge < -0.3 is 9.88 Å². The number of carbonyl (C=O) groups is 1. The molecule has 5 nitrogen and oxygen atoms in total. The quantitative estimate of drug-likeness (QED) is 0.602. The highest BCUT2D eigenvalue weighted by atomic mass is 32.2. The number of nitrogens with zero attached hydrogens (tertiary/aromatic N) is 3. The maximum Gasteiger partial charge on any atom is 0.234 e. The lowest BCUT2D eigenvalue weighted by atomic mass is 9.97. The summed E-state index contributed by atoms with van der Waals surface area (Å²) in [7, 11) is 1.92. The van der Waals surface area contributed by atoms with Gasteiger partial charge in [-0.25, -0.2) is 0 Å². The Bertz CT molecular complexity index is 908. The van der Waals surface area contributed by atoms with Crippen LogP contribution in [0.15, 0.2) is 59.8 Å². The number of nitrogens with one attached hydrogen (secondary N) is 1. The van der Waals surface area contributed by atoms with Crippen LogP contribution in [0, 0.1) is 0 Å². The van der Waals surface area contributed by atoms with Gasteiger partial charge in [-0.05, 0) is 24.0 Å². The van der Waals surface area contributed by atoms with Gasteiger partial charge in [0, 0.05) is 18.3 Å². The Morgan fingerprint density at radius 2 is 1.81 bits per heavy atom. The van der Waals surface area contributed by atoms with Crippen molar-refractivity contribution in [3.8, 4) is 11.4 Å². The zero-order valence-corrected chi connectivity index (χ0v) is 16.7. The second kappa shape index (κ2) is 8.86. The highest BCUT2D eigenvalue weighted by molar-refractivity contribution is 7.99. The molecule has 1 aromatic heterocycles. The number of carbonyl (C=O) groups excluding carboxylic acids is 1. The molecule has 6 heteroatoms. The van der Waals surface area contributed by atoms with E-state index < -0.39 is 0 Å². The van der Waals surface area contributed by atoms with E-state index in [9.17, 15) is 4.79 Å². The molecule has 0 bridgehead atoms. The second-order valence-corrected chi connectivity index (χ2v) is 7.41. The molecule has 0 saturated carbocycles. The fraction of sp³-hybridized carbons (Fsp3) is 0.286. The first kappa shape index (κ1) is 19.2. The summed E-state index contributed by atoms with van der Waals surface area (Å²) in [5.74, 6) is 1.44. The van der Waals surface area contributed by atoms with Crippen molar-refractivity contribution in [2.75, 3.05) is 11.1 Å². The van der Waals surface area contributed by atoms with Crippen LogP contribution in [0.5, 0.6) is 0 Å². The predicted octanol–water partition coefficient (Wildman–Crippen LogP) is 4.73. The van der Waals surface area contributed by atoms with Crippen LogP contribution in [0.2, 0.25) is 0 Å². The minimum absolute atomic E-state index is 0.0417. The van der Waals surface area contributed by atoms with Crippen LogP contribution in [0.1, 0.15) is 31.7 Å². The minimum Gasteiger partial charge on any atom is -0.325 e. The lowest BCUT2D eigenvalue weighted by molar-refractivity contribution is -0.113. The van der Waals surface area contributed by atoms with E-state index >= 15 is 0 Å². The second-order valence-electron chi connectivity index (χ2n) is 6.46. The number of anilines is 1. The van der Waals surface area contributed by atoms with E-state index in [0.717, 1.165) is 28.7 Å². The molecule has 1 heterocycles. The number of benzene rings is 2. The highest BCUT2D eigenvalue weighted by Gasteiger charge is 2.14. The van der Waals surface area contributed by atoms with Crippen LogP contribution in [0.3, 0.4) is 0 Å². The van der Waals surface area contributed by atoms with E-state index in [4.69, 9.17) is 0 Å². The standard InChI is InChI=1S/C21H24N4OS/c1-4-15(2)17-12-8-9-13-18(17)22-19(26)14-27-21-24-23-20(25(21)3)16-10-6-5-7-11-16/h5-13,15H,4,14H2,1-3H3,(H,22,26)/t15-/m0/s1. The van der Waals surface area contributed by atoms with Gasteiger partial charge in [-0.15, -0.1) is 10.2 Å². The first-order valence-electron chi connectivity index (χ1n) is 9.06. The van der Waals surface area contributed by atoms with E-state index in [1.165, 1.54) is 17.3 Å². The molecule has 0 fully saturated rings. The molecule has 3 rings (SSSR count). The molecular formula is C21H24N4OS. The van der Waals surface area contributed by atoms with Crippen molar-refractivity contribution in [3.05, 3.63) is 60.2 Å². The highest BCUT2D eigenvalue weighted by Crippen LogP contribution is 2.27. The summed E-state index contributed by atoms with van der Waals surface area (Å²) < 4.78 is 1.92. The molecule has 140 valence electrons. The largest absolute Gasteiger partial charge is 0.325 e. The average molecular weight is 381 g/mol. The van der Waals surface area contributed by atoms with Crippen molar-refractivity contribution < 1.29 is 4.79 Å². The Morgan fingerprint density at radius 1 is 1.11 bits per heavy atom. The molecular weight excluding hydrogens is 356 g/mol. The number of hydrogen-bond donors (Lipinski definition) is 1. The van der Waals surface area contributed by atoms with E-state index in [1.54, 1.807) is 0 Å². The van der Waals surface area contributed by atoms with E-state index in [2.05, 4.69) is 35.4 Å². The molecule has 3 aromatic rings. The Labute approximate surface area is 164 Å². The summed E-state index contributed by atoms with van der Waals surface area (Å²) in [5, 5.41) is 12.2. The number of amides is 1. The van der Waals surface area contributed by atoms with Crippen LogP contribution in [0.25, 0.3) is 11.4 Å². The van der Waals surface area contributed by atoms with Gasteiger partial charge in [0.05, 0.1) is 5.75 Å². The molecule has 1 amide bonds. The Morgan fingerprint density at radius 3 is 2.56 bits per heavy atom. The molecule has 0 aliphatic heterocycles. The van der Waals surface area contributed by atoms with Gasteiger partial charge in [0.15, 0.2) is 11.0 Å². The third-order valence-corrected chi connectivity index (χ3v) is 5.60. The monoisotopic (exact) mass is 380 g/mol. The number of aromatic nitrogens is 3. The minimum atomic E-state index is -0.0417.